The lowest BCUT2D eigenvalue weighted by Gasteiger charge is -2.07. The van der Waals surface area contributed by atoms with Crippen molar-refractivity contribution in [1.29, 1.82) is 0 Å². The van der Waals surface area contributed by atoms with Crippen LogP contribution in [0.1, 0.15) is 5.69 Å². The molecule has 27 heavy (non-hydrogen) atoms. The Morgan fingerprint density at radius 1 is 1.26 bits per heavy atom. The highest BCUT2D eigenvalue weighted by Gasteiger charge is 2.19. The van der Waals surface area contributed by atoms with Crippen molar-refractivity contribution >= 4 is 21.6 Å². The highest BCUT2D eigenvalue weighted by atomic mass is 35.5. The maximum Gasteiger partial charge on any atom is 0.242 e. The second-order valence-corrected chi connectivity index (χ2v) is 7.52. The first-order valence-electron chi connectivity index (χ1n) is 7.68. The molecule has 0 spiro atoms. The average Bonchev–Trinajstić information content (AvgIpc) is 3.10. The van der Waals surface area contributed by atoms with Crippen molar-refractivity contribution in [2.45, 2.75) is 11.4 Å². The van der Waals surface area contributed by atoms with Crippen LogP contribution in [0, 0.1) is 5.82 Å². The van der Waals surface area contributed by atoms with E-state index in [1.165, 1.54) is 35.1 Å². The fraction of sp³-hybridized carbons (Fsp3) is 0.200. The summed E-state index contributed by atoms with van der Waals surface area (Å²) in [7, 11) is -3.83. The summed E-state index contributed by atoms with van der Waals surface area (Å²) in [6, 6.07) is 7.02. The molecule has 0 saturated heterocycles. The molecule has 3 aromatic rings. The normalized spacial score (nSPS) is 11.7. The summed E-state index contributed by atoms with van der Waals surface area (Å²) >= 11 is 6.08. The van der Waals surface area contributed by atoms with Gasteiger partial charge in [0.2, 0.25) is 15.8 Å². The van der Waals surface area contributed by atoms with Gasteiger partial charge < -0.3 is 5.11 Å². The predicted octanol–water partition coefficient (Wildman–Crippen LogP) is 0.846. The number of hydrogen-bond acceptors (Lipinski definition) is 7. The molecule has 12 heteroatoms. The molecule has 0 amide bonds. The number of pyridine rings is 1. The fourth-order valence-electron chi connectivity index (χ4n) is 2.19. The molecule has 2 N–H and O–H groups in total. The number of nitrogens with one attached hydrogen (secondary N) is 1. The van der Waals surface area contributed by atoms with Gasteiger partial charge in [-0.3, -0.25) is 4.98 Å². The number of hydrogen-bond donors (Lipinski definition) is 2. The van der Waals surface area contributed by atoms with Gasteiger partial charge >= 0.3 is 0 Å². The van der Waals surface area contributed by atoms with Gasteiger partial charge in [-0.15, -0.1) is 10.2 Å². The van der Waals surface area contributed by atoms with Crippen LogP contribution >= 0.6 is 11.6 Å². The summed E-state index contributed by atoms with van der Waals surface area (Å²) < 4.78 is 39.3. The van der Waals surface area contributed by atoms with Gasteiger partial charge in [-0.2, -0.15) is 4.80 Å². The van der Waals surface area contributed by atoms with E-state index in [-0.39, 0.29) is 35.4 Å². The van der Waals surface area contributed by atoms with Crippen molar-refractivity contribution in [3.05, 3.63) is 53.1 Å². The second kappa shape index (κ2) is 8.05. The summed E-state index contributed by atoms with van der Waals surface area (Å²) in [5.41, 5.74) is 1.02. The van der Waals surface area contributed by atoms with Crippen LogP contribution in [-0.2, 0) is 16.6 Å². The number of benzene rings is 1. The molecular weight excluding hydrogens is 399 g/mol. The molecule has 2 heterocycles. The molecule has 1 aromatic carbocycles. The fourth-order valence-corrected chi connectivity index (χ4v) is 3.75. The predicted molar refractivity (Wildman–Crippen MR) is 93.8 cm³/mol. The van der Waals surface area contributed by atoms with E-state index < -0.39 is 15.8 Å². The van der Waals surface area contributed by atoms with Crippen LogP contribution in [0.4, 0.5) is 4.39 Å². The van der Waals surface area contributed by atoms with Crippen molar-refractivity contribution in [3.8, 4) is 11.4 Å². The molecule has 3 rings (SSSR count). The summed E-state index contributed by atoms with van der Waals surface area (Å²) in [4.78, 5) is 5.07. The number of aliphatic hydroxyl groups is 1. The smallest absolute Gasteiger partial charge is 0.242 e. The Balaban J connectivity index is 1.80. The minimum Gasteiger partial charge on any atom is -0.395 e. The van der Waals surface area contributed by atoms with Crippen molar-refractivity contribution in [1.82, 2.24) is 29.9 Å². The van der Waals surface area contributed by atoms with E-state index in [9.17, 15) is 12.8 Å². The van der Waals surface area contributed by atoms with Gasteiger partial charge in [0.15, 0.2) is 0 Å². The van der Waals surface area contributed by atoms with Gasteiger partial charge in [0.1, 0.15) is 17.3 Å². The zero-order valence-electron chi connectivity index (χ0n) is 13.7. The average molecular weight is 413 g/mol. The second-order valence-electron chi connectivity index (χ2n) is 5.38. The Kier molecular flexibility index (Phi) is 5.75. The molecule has 2 aromatic heterocycles. The van der Waals surface area contributed by atoms with Crippen molar-refractivity contribution in [3.63, 3.8) is 0 Å². The van der Waals surface area contributed by atoms with Crippen LogP contribution in [0.25, 0.3) is 11.4 Å². The molecule has 0 bridgehead atoms. The lowest BCUT2D eigenvalue weighted by Crippen LogP contribution is -2.26. The molecule has 0 aliphatic rings. The molecule has 142 valence electrons. The minimum absolute atomic E-state index is 0.0190. The van der Waals surface area contributed by atoms with Gasteiger partial charge in [0.25, 0.3) is 0 Å². The standard InChI is InChI=1S/C15H14ClFN6O3S/c16-13-7-10(1-4-14(13)27(25,26)19-5-6-24)15-20-22-23(21-15)9-12-3-2-11(17)8-18-12/h1-4,7-8,19,24H,5-6,9H2. The molecule has 0 fully saturated rings. The summed E-state index contributed by atoms with van der Waals surface area (Å²) in [6.45, 7) is -0.253. The van der Waals surface area contributed by atoms with Crippen LogP contribution in [0.5, 0.6) is 0 Å². The monoisotopic (exact) mass is 412 g/mol. The molecule has 0 unspecified atom stereocenters. The van der Waals surface area contributed by atoms with Crippen LogP contribution in [0.15, 0.2) is 41.4 Å². The van der Waals surface area contributed by atoms with Crippen molar-refractivity contribution < 1.29 is 17.9 Å². The van der Waals surface area contributed by atoms with Crippen LogP contribution in [0.3, 0.4) is 0 Å². The van der Waals surface area contributed by atoms with Gasteiger partial charge in [0.05, 0.1) is 23.5 Å². The maximum atomic E-state index is 12.9. The Hall–Kier alpha value is -2.47. The Morgan fingerprint density at radius 2 is 2.07 bits per heavy atom. The SMILES string of the molecule is O=S(=O)(NCCO)c1ccc(-c2nnn(Cc3ccc(F)cn3)n2)cc1Cl. The highest BCUT2D eigenvalue weighted by Crippen LogP contribution is 2.26. The Labute approximate surface area is 158 Å². The number of aromatic nitrogens is 5. The summed E-state index contributed by atoms with van der Waals surface area (Å²) in [6.07, 6.45) is 1.09. The molecule has 0 aliphatic heterocycles. The molecule has 0 atom stereocenters. The van der Waals surface area contributed by atoms with Gasteiger partial charge in [-0.1, -0.05) is 11.6 Å². The first-order valence-corrected chi connectivity index (χ1v) is 9.54. The van der Waals surface area contributed by atoms with Crippen LogP contribution < -0.4 is 4.72 Å². The first-order chi connectivity index (χ1) is 12.9. The molecule has 0 aliphatic carbocycles. The van der Waals surface area contributed by atoms with Gasteiger partial charge in [-0.25, -0.2) is 17.5 Å². The highest BCUT2D eigenvalue weighted by molar-refractivity contribution is 7.89. The minimum atomic E-state index is -3.83. The molecule has 0 saturated carbocycles. The number of sulfonamides is 1. The largest absolute Gasteiger partial charge is 0.395 e. The molecule has 0 radical (unpaired) electrons. The van der Waals surface area contributed by atoms with E-state index in [1.54, 1.807) is 0 Å². The number of aliphatic hydroxyl groups excluding tert-OH is 1. The third-order valence-corrected chi connectivity index (χ3v) is 5.37. The number of halogens is 2. The zero-order chi connectivity index (χ0) is 19.4. The van der Waals surface area contributed by atoms with Crippen molar-refractivity contribution in [2.75, 3.05) is 13.2 Å². The number of rotatable bonds is 7. The van der Waals surface area contributed by atoms with E-state index in [2.05, 4.69) is 25.1 Å². The lowest BCUT2D eigenvalue weighted by molar-refractivity contribution is 0.301. The number of nitrogens with zero attached hydrogens (tertiary/aromatic N) is 5. The van der Waals surface area contributed by atoms with E-state index >= 15 is 0 Å². The van der Waals surface area contributed by atoms with E-state index in [4.69, 9.17) is 16.7 Å². The first kappa shape index (κ1) is 19.3. The zero-order valence-corrected chi connectivity index (χ0v) is 15.3. The quantitative estimate of drug-likeness (QED) is 0.589. The van der Waals surface area contributed by atoms with E-state index in [1.807, 2.05) is 0 Å². The topological polar surface area (TPSA) is 123 Å². The third kappa shape index (κ3) is 4.63. The Bertz CT molecular complexity index is 1040. The maximum absolute atomic E-state index is 12.9. The van der Waals surface area contributed by atoms with Crippen LogP contribution in [-0.4, -0.2) is 51.9 Å². The number of tetrazole rings is 1. The molecule has 9 nitrogen and oxygen atoms in total. The summed E-state index contributed by atoms with van der Waals surface area (Å²) in [5.74, 6) is -0.199. The van der Waals surface area contributed by atoms with Gasteiger partial charge in [-0.05, 0) is 35.5 Å². The van der Waals surface area contributed by atoms with Crippen LogP contribution in [0.2, 0.25) is 5.02 Å². The molecular formula is C15H14ClFN6O3S. The van der Waals surface area contributed by atoms with Gasteiger partial charge in [0, 0.05) is 12.1 Å². The van der Waals surface area contributed by atoms with E-state index in [0.717, 1.165) is 6.20 Å². The third-order valence-electron chi connectivity index (χ3n) is 3.43. The Morgan fingerprint density at radius 3 is 2.74 bits per heavy atom. The lowest BCUT2D eigenvalue weighted by atomic mass is 10.2. The van der Waals surface area contributed by atoms with Crippen molar-refractivity contribution in [2.24, 2.45) is 0 Å². The van der Waals surface area contributed by atoms with E-state index in [0.29, 0.717) is 11.3 Å². The summed E-state index contributed by atoms with van der Waals surface area (Å²) in [5, 5.41) is 20.7.